The first-order valence-electron chi connectivity index (χ1n) is 6.30. The first-order chi connectivity index (χ1) is 9.22. The molecule has 1 aromatic heterocycles. The SMILES string of the molecule is CC(N)Cc1noc(-c2ccc3ccccc3c2)n1. The highest BCUT2D eigenvalue weighted by atomic mass is 16.5. The molecule has 19 heavy (non-hydrogen) atoms. The Morgan fingerprint density at radius 3 is 2.74 bits per heavy atom. The number of hydrogen-bond acceptors (Lipinski definition) is 4. The maximum absolute atomic E-state index is 5.73. The standard InChI is InChI=1S/C15H15N3O/c1-10(16)8-14-17-15(19-18-14)13-7-6-11-4-2-3-5-12(11)9-13/h2-7,9-10H,8,16H2,1H3. The van der Waals surface area contributed by atoms with Crippen LogP contribution in [0.5, 0.6) is 0 Å². The van der Waals surface area contributed by atoms with Crippen LogP contribution in [-0.2, 0) is 6.42 Å². The summed E-state index contributed by atoms with van der Waals surface area (Å²) in [5.41, 5.74) is 6.66. The molecule has 0 fully saturated rings. The molecule has 2 N–H and O–H groups in total. The quantitative estimate of drug-likeness (QED) is 0.779. The van der Waals surface area contributed by atoms with Crippen molar-refractivity contribution in [3.8, 4) is 11.5 Å². The minimum atomic E-state index is 0.0297. The zero-order valence-corrected chi connectivity index (χ0v) is 10.7. The van der Waals surface area contributed by atoms with Crippen molar-refractivity contribution >= 4 is 10.8 Å². The van der Waals surface area contributed by atoms with Crippen LogP contribution in [0.3, 0.4) is 0 Å². The van der Waals surface area contributed by atoms with Crippen LogP contribution in [-0.4, -0.2) is 16.2 Å². The fraction of sp³-hybridized carbons (Fsp3) is 0.200. The fourth-order valence-corrected chi connectivity index (χ4v) is 2.06. The van der Waals surface area contributed by atoms with Gasteiger partial charge < -0.3 is 10.3 Å². The Morgan fingerprint density at radius 2 is 1.95 bits per heavy atom. The monoisotopic (exact) mass is 253 g/mol. The number of fused-ring (bicyclic) bond motifs is 1. The normalized spacial score (nSPS) is 12.7. The maximum Gasteiger partial charge on any atom is 0.257 e. The van der Waals surface area contributed by atoms with Gasteiger partial charge in [0.1, 0.15) is 0 Å². The van der Waals surface area contributed by atoms with Gasteiger partial charge in [-0.2, -0.15) is 4.98 Å². The lowest BCUT2D eigenvalue weighted by Crippen LogP contribution is -2.18. The average Bonchev–Trinajstić information content (AvgIpc) is 2.86. The molecular formula is C15H15N3O. The largest absolute Gasteiger partial charge is 0.334 e. The third-order valence-corrected chi connectivity index (χ3v) is 2.97. The molecule has 3 aromatic rings. The van der Waals surface area contributed by atoms with Crippen LogP contribution in [0.1, 0.15) is 12.7 Å². The molecule has 4 heteroatoms. The minimum absolute atomic E-state index is 0.0297. The zero-order chi connectivity index (χ0) is 13.2. The molecule has 1 unspecified atom stereocenters. The van der Waals surface area contributed by atoms with Crippen molar-refractivity contribution in [2.45, 2.75) is 19.4 Å². The highest BCUT2D eigenvalue weighted by molar-refractivity contribution is 5.86. The first kappa shape index (κ1) is 11.9. The van der Waals surface area contributed by atoms with Gasteiger partial charge in [-0.15, -0.1) is 0 Å². The molecule has 4 nitrogen and oxygen atoms in total. The van der Waals surface area contributed by atoms with E-state index in [2.05, 4.69) is 34.4 Å². The van der Waals surface area contributed by atoms with Crippen LogP contribution in [0, 0.1) is 0 Å². The van der Waals surface area contributed by atoms with Crippen LogP contribution in [0.2, 0.25) is 0 Å². The van der Waals surface area contributed by atoms with E-state index in [9.17, 15) is 0 Å². The van der Waals surface area contributed by atoms with Crippen LogP contribution in [0.25, 0.3) is 22.2 Å². The number of nitrogens with two attached hydrogens (primary N) is 1. The summed E-state index contributed by atoms with van der Waals surface area (Å²) in [5.74, 6) is 1.19. The highest BCUT2D eigenvalue weighted by Crippen LogP contribution is 2.23. The molecule has 1 heterocycles. The molecule has 1 atom stereocenters. The molecule has 0 saturated carbocycles. The molecular weight excluding hydrogens is 238 g/mol. The lowest BCUT2D eigenvalue weighted by molar-refractivity contribution is 0.420. The number of rotatable bonds is 3. The summed E-state index contributed by atoms with van der Waals surface area (Å²) in [6.45, 7) is 1.92. The number of hydrogen-bond donors (Lipinski definition) is 1. The number of benzene rings is 2. The van der Waals surface area contributed by atoms with Crippen molar-refractivity contribution in [3.63, 3.8) is 0 Å². The Bertz CT molecular complexity index is 703. The molecule has 0 aliphatic carbocycles. The fourth-order valence-electron chi connectivity index (χ4n) is 2.06. The molecule has 0 bridgehead atoms. The second kappa shape index (κ2) is 4.82. The van der Waals surface area contributed by atoms with Gasteiger partial charge in [-0.25, -0.2) is 0 Å². The van der Waals surface area contributed by atoms with Gasteiger partial charge in [0.15, 0.2) is 5.82 Å². The van der Waals surface area contributed by atoms with Crippen molar-refractivity contribution in [3.05, 3.63) is 48.3 Å². The molecule has 3 rings (SSSR count). The van der Waals surface area contributed by atoms with Crippen LogP contribution in [0.4, 0.5) is 0 Å². The molecule has 0 aliphatic rings. The summed E-state index contributed by atoms with van der Waals surface area (Å²) in [4.78, 5) is 4.37. The highest BCUT2D eigenvalue weighted by Gasteiger charge is 2.10. The van der Waals surface area contributed by atoms with E-state index in [1.165, 1.54) is 5.39 Å². The van der Waals surface area contributed by atoms with Gasteiger partial charge in [0.25, 0.3) is 5.89 Å². The van der Waals surface area contributed by atoms with Crippen LogP contribution < -0.4 is 5.73 Å². The third kappa shape index (κ3) is 2.48. The molecule has 96 valence electrons. The van der Waals surface area contributed by atoms with E-state index in [0.29, 0.717) is 18.1 Å². The summed E-state index contributed by atoms with van der Waals surface area (Å²) < 4.78 is 5.28. The van der Waals surface area contributed by atoms with E-state index in [4.69, 9.17) is 10.3 Å². The van der Waals surface area contributed by atoms with Gasteiger partial charge in [0, 0.05) is 18.0 Å². The Labute approximate surface area is 111 Å². The predicted molar refractivity (Wildman–Crippen MR) is 74.6 cm³/mol. The average molecular weight is 253 g/mol. The molecule has 0 radical (unpaired) electrons. The van der Waals surface area contributed by atoms with E-state index >= 15 is 0 Å². The lowest BCUT2D eigenvalue weighted by Gasteiger charge is -1.99. The van der Waals surface area contributed by atoms with E-state index in [1.807, 2.05) is 25.1 Å². The number of aromatic nitrogens is 2. The number of nitrogens with zero attached hydrogens (tertiary/aromatic N) is 2. The zero-order valence-electron chi connectivity index (χ0n) is 10.7. The van der Waals surface area contributed by atoms with Gasteiger partial charge in [0.05, 0.1) is 0 Å². The Kier molecular flexibility index (Phi) is 3.01. The summed E-state index contributed by atoms with van der Waals surface area (Å²) in [6.07, 6.45) is 0.622. The van der Waals surface area contributed by atoms with Gasteiger partial charge >= 0.3 is 0 Å². The van der Waals surface area contributed by atoms with Gasteiger partial charge in [-0.3, -0.25) is 0 Å². The second-order valence-electron chi connectivity index (χ2n) is 4.76. The van der Waals surface area contributed by atoms with Crippen molar-refractivity contribution in [1.82, 2.24) is 10.1 Å². The Hall–Kier alpha value is -2.20. The summed E-state index contributed by atoms with van der Waals surface area (Å²) in [7, 11) is 0. The van der Waals surface area contributed by atoms with Gasteiger partial charge in [-0.1, -0.05) is 35.5 Å². The Morgan fingerprint density at radius 1 is 1.16 bits per heavy atom. The molecule has 0 spiro atoms. The Balaban J connectivity index is 1.97. The summed E-state index contributed by atoms with van der Waals surface area (Å²) >= 11 is 0. The molecule has 0 aliphatic heterocycles. The third-order valence-electron chi connectivity index (χ3n) is 2.97. The first-order valence-corrected chi connectivity index (χ1v) is 6.30. The van der Waals surface area contributed by atoms with Crippen molar-refractivity contribution in [2.75, 3.05) is 0 Å². The second-order valence-corrected chi connectivity index (χ2v) is 4.76. The van der Waals surface area contributed by atoms with Crippen molar-refractivity contribution in [1.29, 1.82) is 0 Å². The smallest absolute Gasteiger partial charge is 0.257 e. The molecule has 0 saturated heterocycles. The summed E-state index contributed by atoms with van der Waals surface area (Å²) in [5, 5.41) is 6.30. The van der Waals surface area contributed by atoms with Gasteiger partial charge in [-0.05, 0) is 29.8 Å². The topological polar surface area (TPSA) is 64.9 Å². The molecule has 0 amide bonds. The van der Waals surface area contributed by atoms with E-state index in [1.54, 1.807) is 0 Å². The van der Waals surface area contributed by atoms with Crippen molar-refractivity contribution < 1.29 is 4.52 Å². The van der Waals surface area contributed by atoms with E-state index < -0.39 is 0 Å². The maximum atomic E-state index is 5.73. The van der Waals surface area contributed by atoms with Gasteiger partial charge in [0.2, 0.25) is 0 Å². The summed E-state index contributed by atoms with van der Waals surface area (Å²) in [6, 6.07) is 14.3. The van der Waals surface area contributed by atoms with Crippen molar-refractivity contribution in [2.24, 2.45) is 5.73 Å². The van der Waals surface area contributed by atoms with Crippen LogP contribution in [0.15, 0.2) is 47.0 Å². The van der Waals surface area contributed by atoms with E-state index in [0.717, 1.165) is 10.9 Å². The minimum Gasteiger partial charge on any atom is -0.334 e. The van der Waals surface area contributed by atoms with E-state index in [-0.39, 0.29) is 6.04 Å². The lowest BCUT2D eigenvalue weighted by atomic mass is 10.1. The molecule has 2 aromatic carbocycles. The van der Waals surface area contributed by atoms with Crippen LogP contribution >= 0.6 is 0 Å². The predicted octanol–water partition coefficient (Wildman–Crippen LogP) is 2.78.